The molecule has 7 aliphatic heterocycles. The molecule has 53 heavy (non-hydrogen) atoms. The molecule has 7 aliphatic rings. The highest BCUT2D eigenvalue weighted by molar-refractivity contribution is 5.79. The van der Waals surface area contributed by atoms with E-state index in [0.717, 1.165) is 30.4 Å². The Morgan fingerprint density at radius 2 is 1.45 bits per heavy atom. The topological polar surface area (TPSA) is 180 Å². The van der Waals surface area contributed by atoms with Crippen molar-refractivity contribution in [2.24, 2.45) is 11.8 Å². The van der Waals surface area contributed by atoms with Crippen molar-refractivity contribution in [3.63, 3.8) is 0 Å². The summed E-state index contributed by atoms with van der Waals surface area (Å²) in [6, 6.07) is 0. The second kappa shape index (κ2) is 16.9. The average molecular weight is 749 g/mol. The number of methoxy groups -OCH3 is 1. The Kier molecular flexibility index (Phi) is 12.6. The van der Waals surface area contributed by atoms with E-state index >= 15 is 0 Å². The van der Waals surface area contributed by atoms with Crippen molar-refractivity contribution in [2.45, 2.75) is 188 Å². The minimum atomic E-state index is -1.10. The third-order valence-electron chi connectivity index (χ3n) is 13.1. The summed E-state index contributed by atoms with van der Waals surface area (Å²) >= 11 is 0. The third-order valence-corrected chi connectivity index (χ3v) is 13.1. The summed E-state index contributed by atoms with van der Waals surface area (Å²) in [4.78, 5) is 27.0. The molecule has 0 aromatic heterocycles. The lowest BCUT2D eigenvalue weighted by Crippen LogP contribution is -2.61. The Bertz CT molecular complexity index is 1340. The van der Waals surface area contributed by atoms with Gasteiger partial charge in [0.25, 0.3) is 0 Å². The Morgan fingerprint density at radius 3 is 2.23 bits per heavy atom. The highest BCUT2D eigenvalue weighted by atomic mass is 16.6. The lowest BCUT2D eigenvalue weighted by molar-refractivity contribution is -0.259. The molecule has 0 aromatic carbocycles. The van der Waals surface area contributed by atoms with Crippen molar-refractivity contribution in [3.8, 4) is 0 Å². The van der Waals surface area contributed by atoms with E-state index in [-0.39, 0.29) is 79.9 Å². The second-order valence-corrected chi connectivity index (χ2v) is 16.8. The van der Waals surface area contributed by atoms with Crippen LogP contribution in [0.1, 0.15) is 90.4 Å². The lowest BCUT2D eigenvalue weighted by atomic mass is 9.81. The van der Waals surface area contributed by atoms with E-state index in [9.17, 15) is 30.0 Å². The molecule has 0 aliphatic carbocycles. The van der Waals surface area contributed by atoms with E-state index in [0.29, 0.717) is 32.1 Å². The molecule has 7 saturated heterocycles. The Morgan fingerprint density at radius 1 is 0.736 bits per heavy atom. The number of carbonyl (C=O) groups is 2. The molecule has 0 saturated carbocycles. The van der Waals surface area contributed by atoms with Gasteiger partial charge < -0.3 is 53.6 Å². The van der Waals surface area contributed by atoms with Crippen LogP contribution >= 0.6 is 0 Å². The standard InChI is InChI=1S/C40H60O13/c1-19-11-26-7-9-29-20(2)12-25(48-29)6-5-22(42)15-33-35(45)39-40(53-33)36(46)38-30(52-39)10-8-27(50-38)13-23(43)14-28-32(17-31(49-26)21(19)3)51-34(37(28)47-4)16-24(44)18-41/h19,24-41,44-46H,2-3,5-18H2,1,4H3/t19-,24?,25?,26+,27?,28?,29?,30?,31?,32?,33-,34?,35?,36?,37-,38+,39+,40?/m1/s1. The summed E-state index contributed by atoms with van der Waals surface area (Å²) < 4.78 is 44.3. The summed E-state index contributed by atoms with van der Waals surface area (Å²) in [5, 5.41) is 42.6. The van der Waals surface area contributed by atoms with Gasteiger partial charge in [0.1, 0.15) is 42.1 Å². The fraction of sp³-hybridized carbons (Fsp3) is 0.850. The number of aliphatic hydroxyl groups is 4. The number of hydrogen-bond acceptors (Lipinski definition) is 13. The Hall–Kier alpha value is -1.62. The maximum atomic E-state index is 13.9. The van der Waals surface area contributed by atoms with Crippen LogP contribution in [-0.4, -0.2) is 143 Å². The Balaban J connectivity index is 1.11. The summed E-state index contributed by atoms with van der Waals surface area (Å²) in [7, 11) is 1.58. The van der Waals surface area contributed by atoms with E-state index in [1.807, 2.05) is 0 Å². The molecule has 0 spiro atoms. The lowest BCUT2D eigenvalue weighted by Gasteiger charge is -2.46. The first kappa shape index (κ1) is 39.6. The molecule has 4 N–H and O–H groups in total. The van der Waals surface area contributed by atoms with Crippen LogP contribution in [0.15, 0.2) is 24.3 Å². The van der Waals surface area contributed by atoms with Gasteiger partial charge >= 0.3 is 0 Å². The number of fused-ring (bicyclic) bond motifs is 7. The normalized spacial score (nSPS) is 47.7. The van der Waals surface area contributed by atoms with Gasteiger partial charge in [0.2, 0.25) is 0 Å². The zero-order valence-electron chi connectivity index (χ0n) is 31.2. The minimum absolute atomic E-state index is 0.00643. The first-order valence-corrected chi connectivity index (χ1v) is 19.9. The molecule has 13 nitrogen and oxygen atoms in total. The van der Waals surface area contributed by atoms with E-state index in [2.05, 4.69) is 20.1 Å². The Labute approximate surface area is 312 Å². The fourth-order valence-corrected chi connectivity index (χ4v) is 10.1. The average Bonchev–Trinajstić information content (AvgIpc) is 3.76. The zero-order valence-corrected chi connectivity index (χ0v) is 31.2. The van der Waals surface area contributed by atoms with Gasteiger partial charge in [-0.2, -0.15) is 0 Å². The van der Waals surface area contributed by atoms with E-state index in [4.69, 9.17) is 33.2 Å². The van der Waals surface area contributed by atoms with Gasteiger partial charge in [-0.3, -0.25) is 9.59 Å². The largest absolute Gasteiger partial charge is 0.394 e. The van der Waals surface area contributed by atoms with Gasteiger partial charge in [0.05, 0.1) is 73.8 Å². The summed E-state index contributed by atoms with van der Waals surface area (Å²) in [6.07, 6.45) is -3.55. The fourth-order valence-electron chi connectivity index (χ4n) is 10.1. The molecule has 7 heterocycles. The minimum Gasteiger partial charge on any atom is -0.394 e. The molecule has 0 radical (unpaired) electrons. The van der Waals surface area contributed by atoms with Crippen LogP contribution in [-0.2, 0) is 42.7 Å². The number of hydrogen-bond donors (Lipinski definition) is 4. The molecule has 0 amide bonds. The second-order valence-electron chi connectivity index (χ2n) is 16.8. The summed E-state index contributed by atoms with van der Waals surface area (Å²) in [6.45, 7) is 10.4. The number of Topliss-reactive ketones (excluding diaryl/α,β-unsaturated/α-hetero) is 2. The van der Waals surface area contributed by atoms with Crippen LogP contribution in [0.25, 0.3) is 0 Å². The van der Waals surface area contributed by atoms with Crippen LogP contribution in [0.3, 0.4) is 0 Å². The number of ketones is 2. The predicted molar refractivity (Wildman–Crippen MR) is 189 cm³/mol. The van der Waals surface area contributed by atoms with Crippen molar-refractivity contribution >= 4 is 11.6 Å². The number of ether oxygens (including phenoxy) is 7. The van der Waals surface area contributed by atoms with E-state index < -0.39 is 79.9 Å². The number of aliphatic hydroxyl groups excluding tert-OH is 4. The van der Waals surface area contributed by atoms with Crippen molar-refractivity contribution in [3.05, 3.63) is 24.3 Å². The predicted octanol–water partition coefficient (Wildman–Crippen LogP) is 2.27. The molecule has 13 heteroatoms. The van der Waals surface area contributed by atoms with Gasteiger partial charge in [0, 0.05) is 51.6 Å². The highest BCUT2D eigenvalue weighted by Gasteiger charge is 2.57. The van der Waals surface area contributed by atoms with Crippen LogP contribution in [0.5, 0.6) is 0 Å². The molecule has 12 unspecified atom stereocenters. The molecule has 8 bridgehead atoms. The number of carbonyl (C=O) groups excluding carboxylic acids is 2. The smallest absolute Gasteiger partial charge is 0.135 e. The molecule has 0 aromatic rings. The molecular weight excluding hydrogens is 688 g/mol. The van der Waals surface area contributed by atoms with E-state index in [1.165, 1.54) is 0 Å². The zero-order chi connectivity index (χ0) is 37.6. The molecule has 298 valence electrons. The third kappa shape index (κ3) is 8.56. The van der Waals surface area contributed by atoms with Crippen molar-refractivity contribution < 1.29 is 63.2 Å². The van der Waals surface area contributed by atoms with Crippen molar-refractivity contribution in [2.75, 3.05) is 13.7 Å². The summed E-state index contributed by atoms with van der Waals surface area (Å²) in [5.74, 6) is -0.221. The number of rotatable bonds is 4. The maximum Gasteiger partial charge on any atom is 0.135 e. The molecule has 7 rings (SSSR count). The van der Waals surface area contributed by atoms with Gasteiger partial charge in [-0.05, 0) is 62.0 Å². The van der Waals surface area contributed by atoms with Crippen LogP contribution in [0, 0.1) is 11.8 Å². The highest BCUT2D eigenvalue weighted by Crippen LogP contribution is 2.43. The van der Waals surface area contributed by atoms with Gasteiger partial charge in [-0.25, -0.2) is 0 Å². The van der Waals surface area contributed by atoms with Crippen LogP contribution in [0.2, 0.25) is 0 Å². The first-order chi connectivity index (χ1) is 25.4. The van der Waals surface area contributed by atoms with Crippen molar-refractivity contribution in [1.82, 2.24) is 0 Å². The maximum absolute atomic E-state index is 13.9. The summed E-state index contributed by atoms with van der Waals surface area (Å²) in [5.41, 5.74) is 2.00. The molecule has 18 atom stereocenters. The molecule has 7 fully saturated rings. The van der Waals surface area contributed by atoms with Crippen LogP contribution in [0.4, 0.5) is 0 Å². The molecular formula is C40H60O13. The van der Waals surface area contributed by atoms with Gasteiger partial charge in [-0.1, -0.05) is 20.1 Å². The van der Waals surface area contributed by atoms with Gasteiger partial charge in [-0.15, -0.1) is 0 Å². The quantitative estimate of drug-likeness (QED) is 0.308. The van der Waals surface area contributed by atoms with E-state index in [1.54, 1.807) is 7.11 Å². The van der Waals surface area contributed by atoms with Crippen LogP contribution < -0.4 is 0 Å². The first-order valence-electron chi connectivity index (χ1n) is 19.9. The van der Waals surface area contributed by atoms with Gasteiger partial charge in [0.15, 0.2) is 0 Å². The SMILES string of the molecule is C=C1CC2CCC(=O)C[C@H]3OC4C(O)[C@H]5OC(CCC5O[C@H]4C3O)CC(=O)CC3C(CC4O[C@@H](CCC1O2)C[C@@H](C)C4=C)OC(CC(O)CO)[C@@H]3OC. The van der Waals surface area contributed by atoms with Crippen molar-refractivity contribution in [1.29, 1.82) is 0 Å². The monoisotopic (exact) mass is 748 g/mol.